The van der Waals surface area contributed by atoms with Gasteiger partial charge in [-0.05, 0) is 60.1 Å². The number of carbonyl (C=O) groups excluding carboxylic acids is 1. The topological polar surface area (TPSA) is 84.3 Å². The van der Waals surface area contributed by atoms with Crippen molar-refractivity contribution in [1.82, 2.24) is 14.1 Å². The van der Waals surface area contributed by atoms with Gasteiger partial charge in [0.25, 0.3) is 5.91 Å². The molecule has 4 rings (SSSR count). The van der Waals surface area contributed by atoms with Gasteiger partial charge in [-0.3, -0.25) is 4.79 Å². The summed E-state index contributed by atoms with van der Waals surface area (Å²) in [6, 6.07) is 18.5. The maximum Gasteiger partial charge on any atom is 0.268 e. The molecule has 37 heavy (non-hydrogen) atoms. The quantitative estimate of drug-likeness (QED) is 0.229. The molecule has 0 fully saturated rings. The van der Waals surface area contributed by atoms with E-state index in [0.717, 1.165) is 36.2 Å². The fourth-order valence-corrected chi connectivity index (χ4v) is 5.31. The van der Waals surface area contributed by atoms with E-state index in [9.17, 15) is 4.79 Å². The first-order valence-corrected chi connectivity index (χ1v) is 15.7. The van der Waals surface area contributed by atoms with Crippen molar-refractivity contribution in [3.63, 3.8) is 0 Å². The molecule has 196 valence electrons. The second-order valence-corrected chi connectivity index (χ2v) is 15.8. The Labute approximate surface area is 220 Å². The fourth-order valence-electron chi connectivity index (χ4n) is 4.03. The van der Waals surface area contributed by atoms with Gasteiger partial charge in [-0.1, -0.05) is 51.1 Å². The second-order valence-electron chi connectivity index (χ2n) is 11.0. The Morgan fingerprint density at radius 1 is 1.11 bits per heavy atom. The number of nitrogens with zero attached hydrogens (tertiary/aromatic N) is 3. The number of primary amides is 1. The second kappa shape index (κ2) is 10.9. The number of aryl methyl sites for hydroxylation is 1. The predicted octanol–water partition coefficient (Wildman–Crippen LogP) is 6.52. The van der Waals surface area contributed by atoms with E-state index in [2.05, 4.69) is 79.9 Å². The largest absolute Gasteiger partial charge is 0.489 e. The SMILES string of the molecule is CC(C)(C)[Si](C)(C)O[C@H](CCCn1ccc2ccc(OCc3ccccc3)cc21)n1cnc(C(N)=O)c1. The Bertz CT molecular complexity index is 1340. The third-order valence-electron chi connectivity index (χ3n) is 7.27. The van der Waals surface area contributed by atoms with Crippen LogP contribution in [0.2, 0.25) is 18.1 Å². The van der Waals surface area contributed by atoms with Gasteiger partial charge in [0.2, 0.25) is 0 Å². The predicted molar refractivity (Wildman–Crippen MR) is 150 cm³/mol. The molecule has 0 saturated carbocycles. The van der Waals surface area contributed by atoms with Gasteiger partial charge < -0.3 is 24.0 Å². The van der Waals surface area contributed by atoms with Crippen LogP contribution in [-0.4, -0.2) is 28.3 Å². The standard InChI is InChI=1S/C29H38N4O3Si/c1-29(2,3)37(4,5)36-27(33-19-25(28(30)34)31-21-33)12-9-16-32-17-15-23-13-14-24(18-26(23)32)35-20-22-10-7-6-8-11-22/h6-8,10-11,13-15,17-19,21,27H,9,12,16,20H2,1-5H3,(H2,30,34)/t27-/m1/s1. The fraction of sp³-hybridized carbons (Fsp3) is 0.379. The smallest absolute Gasteiger partial charge is 0.268 e. The highest BCUT2D eigenvalue weighted by Gasteiger charge is 2.39. The van der Waals surface area contributed by atoms with E-state index in [1.54, 1.807) is 12.5 Å². The molecular weight excluding hydrogens is 480 g/mol. The molecule has 0 aliphatic carbocycles. The van der Waals surface area contributed by atoms with Crippen LogP contribution in [0.25, 0.3) is 10.9 Å². The molecule has 2 aromatic carbocycles. The highest BCUT2D eigenvalue weighted by Crippen LogP contribution is 2.39. The number of hydrogen-bond donors (Lipinski definition) is 1. The molecule has 2 heterocycles. The van der Waals surface area contributed by atoms with Gasteiger partial charge in [-0.25, -0.2) is 4.98 Å². The molecule has 0 aliphatic rings. The monoisotopic (exact) mass is 518 g/mol. The zero-order valence-corrected chi connectivity index (χ0v) is 23.5. The number of fused-ring (bicyclic) bond motifs is 1. The first kappa shape index (κ1) is 26.7. The van der Waals surface area contributed by atoms with Crippen molar-refractivity contribution in [1.29, 1.82) is 0 Å². The van der Waals surface area contributed by atoms with E-state index in [1.807, 2.05) is 28.8 Å². The molecule has 0 bridgehead atoms. The number of benzene rings is 2. The summed E-state index contributed by atoms with van der Waals surface area (Å²) in [5, 5.41) is 1.24. The van der Waals surface area contributed by atoms with Crippen LogP contribution < -0.4 is 10.5 Å². The van der Waals surface area contributed by atoms with Gasteiger partial charge >= 0.3 is 0 Å². The first-order chi connectivity index (χ1) is 17.5. The number of nitrogens with two attached hydrogens (primary N) is 1. The summed E-state index contributed by atoms with van der Waals surface area (Å²) in [5.41, 5.74) is 7.99. The summed E-state index contributed by atoms with van der Waals surface area (Å²) >= 11 is 0. The average molecular weight is 519 g/mol. The van der Waals surface area contributed by atoms with Crippen LogP contribution in [0.3, 0.4) is 0 Å². The molecule has 7 nitrogen and oxygen atoms in total. The minimum Gasteiger partial charge on any atom is -0.489 e. The molecule has 0 saturated heterocycles. The van der Waals surface area contributed by atoms with Crippen LogP contribution in [-0.2, 0) is 17.6 Å². The van der Waals surface area contributed by atoms with Gasteiger partial charge in [-0.2, -0.15) is 0 Å². The minimum absolute atomic E-state index is 0.0606. The van der Waals surface area contributed by atoms with Crippen LogP contribution in [0.1, 0.15) is 55.9 Å². The van der Waals surface area contributed by atoms with Crippen molar-refractivity contribution >= 4 is 25.1 Å². The summed E-state index contributed by atoms with van der Waals surface area (Å²) in [6.07, 6.45) is 6.93. The molecule has 8 heteroatoms. The van der Waals surface area contributed by atoms with Gasteiger partial charge in [0.1, 0.15) is 24.3 Å². The normalized spacial score (nSPS) is 13.1. The maximum absolute atomic E-state index is 11.6. The number of imidazole rings is 1. The van der Waals surface area contributed by atoms with Crippen LogP contribution in [0, 0.1) is 0 Å². The molecular formula is C29H38N4O3Si. The third-order valence-corrected chi connectivity index (χ3v) is 11.7. The molecule has 0 unspecified atom stereocenters. The summed E-state index contributed by atoms with van der Waals surface area (Å²) in [5.74, 6) is 0.321. The van der Waals surface area contributed by atoms with E-state index in [1.165, 1.54) is 5.39 Å². The Morgan fingerprint density at radius 3 is 2.54 bits per heavy atom. The van der Waals surface area contributed by atoms with Crippen LogP contribution >= 0.6 is 0 Å². The summed E-state index contributed by atoms with van der Waals surface area (Å²) in [7, 11) is -2.06. The molecule has 1 amide bonds. The summed E-state index contributed by atoms with van der Waals surface area (Å²) < 4.78 is 17.0. The zero-order valence-electron chi connectivity index (χ0n) is 22.5. The highest BCUT2D eigenvalue weighted by atomic mass is 28.4. The lowest BCUT2D eigenvalue weighted by Gasteiger charge is -2.39. The van der Waals surface area contributed by atoms with E-state index in [4.69, 9.17) is 14.9 Å². The number of aromatic nitrogens is 3. The van der Waals surface area contributed by atoms with Gasteiger partial charge in [0.05, 0.1) is 11.8 Å². The average Bonchev–Trinajstić information content (AvgIpc) is 3.50. The van der Waals surface area contributed by atoms with Gasteiger partial charge in [0, 0.05) is 25.0 Å². The lowest BCUT2D eigenvalue weighted by Crippen LogP contribution is -2.42. The maximum atomic E-state index is 11.6. The number of carbonyl (C=O) groups is 1. The van der Waals surface area contributed by atoms with Crippen LogP contribution in [0.4, 0.5) is 0 Å². The van der Waals surface area contributed by atoms with E-state index < -0.39 is 14.2 Å². The summed E-state index contributed by atoms with van der Waals surface area (Å²) in [6.45, 7) is 12.5. The molecule has 4 aromatic rings. The van der Waals surface area contributed by atoms with Crippen LogP contribution in [0.5, 0.6) is 5.75 Å². The van der Waals surface area contributed by atoms with Crippen molar-refractivity contribution < 1.29 is 14.0 Å². The molecule has 0 radical (unpaired) electrons. The number of ether oxygens (including phenoxy) is 1. The molecule has 2 N–H and O–H groups in total. The number of rotatable bonds is 11. The number of amides is 1. The van der Waals surface area contributed by atoms with E-state index in [-0.39, 0.29) is 17.0 Å². The van der Waals surface area contributed by atoms with Crippen molar-refractivity contribution in [2.75, 3.05) is 0 Å². The van der Waals surface area contributed by atoms with Gasteiger partial charge in [0.15, 0.2) is 8.32 Å². The highest BCUT2D eigenvalue weighted by molar-refractivity contribution is 6.74. The van der Waals surface area contributed by atoms with Crippen molar-refractivity contribution in [3.05, 3.63) is 84.6 Å². The third kappa shape index (κ3) is 6.50. The Hall–Kier alpha value is -3.36. The van der Waals surface area contributed by atoms with Crippen molar-refractivity contribution in [2.24, 2.45) is 5.73 Å². The lowest BCUT2D eigenvalue weighted by molar-refractivity contribution is 0.0984. The molecule has 0 aliphatic heterocycles. The van der Waals surface area contributed by atoms with Crippen LogP contribution in [0.15, 0.2) is 73.3 Å². The van der Waals surface area contributed by atoms with Gasteiger partial charge in [-0.15, -0.1) is 0 Å². The molecule has 1 atom stereocenters. The minimum atomic E-state index is -2.06. The summed E-state index contributed by atoms with van der Waals surface area (Å²) in [4.78, 5) is 15.8. The lowest BCUT2D eigenvalue weighted by atomic mass is 10.2. The first-order valence-electron chi connectivity index (χ1n) is 12.8. The Kier molecular flexibility index (Phi) is 7.89. The van der Waals surface area contributed by atoms with E-state index >= 15 is 0 Å². The van der Waals surface area contributed by atoms with E-state index in [0.29, 0.717) is 6.61 Å². The molecule has 2 aromatic heterocycles. The number of hydrogen-bond acceptors (Lipinski definition) is 4. The molecule has 0 spiro atoms. The van der Waals surface area contributed by atoms with Crippen molar-refractivity contribution in [2.45, 2.75) is 71.1 Å². The zero-order chi connectivity index (χ0) is 26.6. The van der Waals surface area contributed by atoms with Crippen molar-refractivity contribution in [3.8, 4) is 5.75 Å². The Balaban J connectivity index is 1.46. The Morgan fingerprint density at radius 2 is 1.86 bits per heavy atom.